The fourth-order valence-electron chi connectivity index (χ4n) is 1.58. The molecule has 0 aliphatic carbocycles. The van der Waals surface area contributed by atoms with Gasteiger partial charge in [0.15, 0.2) is 0 Å². The first-order valence-electron chi connectivity index (χ1n) is 6.04. The molecule has 0 amide bonds. The summed E-state index contributed by atoms with van der Waals surface area (Å²) in [6, 6.07) is 12.4. The van der Waals surface area contributed by atoms with Crippen molar-refractivity contribution in [3.05, 3.63) is 65.2 Å². The van der Waals surface area contributed by atoms with Crippen LogP contribution in [0.5, 0.6) is 5.75 Å². The van der Waals surface area contributed by atoms with E-state index in [1.165, 1.54) is 24.3 Å². The Morgan fingerprint density at radius 2 is 1.33 bits per heavy atom. The van der Waals surface area contributed by atoms with Crippen molar-refractivity contribution in [1.82, 2.24) is 0 Å². The van der Waals surface area contributed by atoms with Crippen molar-refractivity contribution < 1.29 is 23.0 Å². The molecule has 5 heteroatoms. The Morgan fingerprint density at radius 3 is 1.76 bits per heavy atom. The lowest BCUT2D eigenvalue weighted by atomic mass is 10.1. The minimum absolute atomic E-state index is 0.0334. The summed E-state index contributed by atoms with van der Waals surface area (Å²) in [4.78, 5) is 0. The predicted octanol–water partition coefficient (Wildman–Crippen LogP) is 3.48. The van der Waals surface area contributed by atoms with Crippen LogP contribution in [0.1, 0.15) is 16.7 Å². The van der Waals surface area contributed by atoms with Crippen molar-refractivity contribution >= 4 is 0 Å². The third kappa shape index (κ3) is 4.86. The van der Waals surface area contributed by atoms with Gasteiger partial charge >= 0.3 is 6.36 Å². The quantitative estimate of drug-likeness (QED) is 0.859. The zero-order valence-electron chi connectivity index (χ0n) is 10.8. The van der Waals surface area contributed by atoms with E-state index in [-0.39, 0.29) is 12.4 Å². The van der Waals surface area contributed by atoms with Crippen LogP contribution in [0.25, 0.3) is 0 Å². The smallest absolute Gasteiger partial charge is 0.406 e. The summed E-state index contributed by atoms with van der Waals surface area (Å²) < 4.78 is 39.8. The summed E-state index contributed by atoms with van der Waals surface area (Å²) in [5.41, 5.74) is 2.12. The lowest BCUT2D eigenvalue weighted by Crippen LogP contribution is -2.16. The molecule has 0 unspecified atom stereocenters. The van der Waals surface area contributed by atoms with Crippen LogP contribution in [0, 0.1) is 11.8 Å². The van der Waals surface area contributed by atoms with Gasteiger partial charge in [0.25, 0.3) is 0 Å². The Hall–Kier alpha value is -2.45. The van der Waals surface area contributed by atoms with Gasteiger partial charge in [0, 0.05) is 11.1 Å². The molecule has 0 radical (unpaired) electrons. The van der Waals surface area contributed by atoms with Crippen LogP contribution in [0.4, 0.5) is 13.2 Å². The number of benzene rings is 2. The standard InChI is InChI=1S/C16H11F3O2/c17-16(18,19)21-15-9-7-13(8-10-15)2-1-12-3-5-14(11-20)6-4-12/h3-10,20H,11H2. The molecule has 0 heterocycles. The van der Waals surface area contributed by atoms with E-state index in [4.69, 9.17) is 5.11 Å². The van der Waals surface area contributed by atoms with Gasteiger partial charge in [-0.3, -0.25) is 0 Å². The number of rotatable bonds is 2. The normalized spacial score (nSPS) is 10.7. The van der Waals surface area contributed by atoms with E-state index in [0.717, 1.165) is 11.1 Å². The minimum Gasteiger partial charge on any atom is -0.406 e. The van der Waals surface area contributed by atoms with Gasteiger partial charge < -0.3 is 9.84 Å². The molecule has 21 heavy (non-hydrogen) atoms. The van der Waals surface area contributed by atoms with E-state index in [0.29, 0.717) is 5.56 Å². The Balaban J connectivity index is 2.08. The zero-order chi connectivity index (χ0) is 15.3. The highest BCUT2D eigenvalue weighted by Crippen LogP contribution is 2.22. The van der Waals surface area contributed by atoms with Gasteiger partial charge in [-0.1, -0.05) is 24.0 Å². The molecule has 0 spiro atoms. The number of alkyl halides is 3. The minimum atomic E-state index is -4.69. The topological polar surface area (TPSA) is 29.5 Å². The average Bonchev–Trinajstić information content (AvgIpc) is 2.45. The van der Waals surface area contributed by atoms with Gasteiger partial charge in [-0.15, -0.1) is 13.2 Å². The molecule has 108 valence electrons. The lowest BCUT2D eigenvalue weighted by molar-refractivity contribution is -0.274. The van der Waals surface area contributed by atoms with Gasteiger partial charge in [0.05, 0.1) is 6.61 Å². The first-order chi connectivity index (χ1) is 9.96. The summed E-state index contributed by atoms with van der Waals surface area (Å²) in [5.74, 6) is 5.45. The number of ether oxygens (including phenoxy) is 1. The molecule has 2 rings (SSSR count). The van der Waals surface area contributed by atoms with Crippen LogP contribution >= 0.6 is 0 Å². The number of aliphatic hydroxyl groups excluding tert-OH is 1. The molecule has 0 saturated carbocycles. The first kappa shape index (κ1) is 14.9. The van der Waals surface area contributed by atoms with Crippen molar-refractivity contribution in [1.29, 1.82) is 0 Å². The average molecular weight is 292 g/mol. The second-order valence-corrected chi connectivity index (χ2v) is 4.18. The van der Waals surface area contributed by atoms with Crippen LogP contribution in [0.3, 0.4) is 0 Å². The maximum atomic E-state index is 12.0. The summed E-state index contributed by atoms with van der Waals surface area (Å²) in [7, 11) is 0. The van der Waals surface area contributed by atoms with Crippen molar-refractivity contribution in [2.45, 2.75) is 13.0 Å². The lowest BCUT2D eigenvalue weighted by Gasteiger charge is -2.07. The number of aliphatic hydroxyl groups is 1. The SMILES string of the molecule is OCc1ccc(C#Cc2ccc(OC(F)(F)F)cc2)cc1. The molecule has 0 saturated heterocycles. The molecule has 2 aromatic rings. The van der Waals surface area contributed by atoms with Crippen LogP contribution < -0.4 is 4.74 Å². The monoisotopic (exact) mass is 292 g/mol. The third-order valence-corrected chi connectivity index (χ3v) is 2.58. The van der Waals surface area contributed by atoms with Crippen LogP contribution in [0.15, 0.2) is 48.5 Å². The Bertz CT molecular complexity index is 647. The molecule has 0 aliphatic rings. The largest absolute Gasteiger partial charge is 0.573 e. The molecule has 0 fully saturated rings. The van der Waals surface area contributed by atoms with Crippen molar-refractivity contribution in [2.75, 3.05) is 0 Å². The van der Waals surface area contributed by atoms with Gasteiger partial charge in [0.2, 0.25) is 0 Å². The summed E-state index contributed by atoms with van der Waals surface area (Å²) in [5, 5.41) is 8.92. The van der Waals surface area contributed by atoms with E-state index in [9.17, 15) is 13.2 Å². The second-order valence-electron chi connectivity index (χ2n) is 4.18. The number of halogens is 3. The summed E-state index contributed by atoms with van der Waals surface area (Å²) >= 11 is 0. The van der Waals surface area contributed by atoms with E-state index < -0.39 is 6.36 Å². The highest BCUT2D eigenvalue weighted by Gasteiger charge is 2.30. The molecular weight excluding hydrogens is 281 g/mol. The van der Waals surface area contributed by atoms with E-state index in [1.54, 1.807) is 24.3 Å². The number of hydrogen-bond donors (Lipinski definition) is 1. The molecular formula is C16H11F3O2. The molecule has 2 aromatic carbocycles. The highest BCUT2D eigenvalue weighted by atomic mass is 19.4. The molecule has 0 aromatic heterocycles. The van der Waals surface area contributed by atoms with Crippen molar-refractivity contribution in [3.63, 3.8) is 0 Å². The molecule has 1 N–H and O–H groups in total. The molecule has 0 atom stereocenters. The molecule has 2 nitrogen and oxygen atoms in total. The zero-order valence-corrected chi connectivity index (χ0v) is 10.8. The van der Waals surface area contributed by atoms with Crippen LogP contribution in [-0.4, -0.2) is 11.5 Å². The van der Waals surface area contributed by atoms with Gasteiger partial charge in [-0.05, 0) is 42.0 Å². The van der Waals surface area contributed by atoms with E-state index in [1.807, 2.05) is 0 Å². The Kier molecular flexibility index (Phi) is 4.51. The van der Waals surface area contributed by atoms with Gasteiger partial charge in [-0.2, -0.15) is 0 Å². The first-order valence-corrected chi connectivity index (χ1v) is 6.04. The van der Waals surface area contributed by atoms with Crippen molar-refractivity contribution in [2.24, 2.45) is 0 Å². The fraction of sp³-hybridized carbons (Fsp3) is 0.125. The van der Waals surface area contributed by atoms with Crippen LogP contribution in [0.2, 0.25) is 0 Å². The fourth-order valence-corrected chi connectivity index (χ4v) is 1.58. The Morgan fingerprint density at radius 1 is 0.857 bits per heavy atom. The highest BCUT2D eigenvalue weighted by molar-refractivity contribution is 5.44. The van der Waals surface area contributed by atoms with Crippen molar-refractivity contribution in [3.8, 4) is 17.6 Å². The second kappa shape index (κ2) is 6.33. The molecule has 0 bridgehead atoms. The predicted molar refractivity (Wildman–Crippen MR) is 71.5 cm³/mol. The Labute approximate surface area is 119 Å². The third-order valence-electron chi connectivity index (χ3n) is 2.58. The maximum Gasteiger partial charge on any atom is 0.573 e. The molecule has 0 aliphatic heterocycles. The van der Waals surface area contributed by atoms with E-state index >= 15 is 0 Å². The summed E-state index contributed by atoms with van der Waals surface area (Å²) in [6.07, 6.45) is -4.69. The summed E-state index contributed by atoms with van der Waals surface area (Å²) in [6.45, 7) is -0.0334. The van der Waals surface area contributed by atoms with Crippen LogP contribution in [-0.2, 0) is 6.61 Å². The van der Waals surface area contributed by atoms with Gasteiger partial charge in [-0.25, -0.2) is 0 Å². The van der Waals surface area contributed by atoms with E-state index in [2.05, 4.69) is 16.6 Å². The van der Waals surface area contributed by atoms with Gasteiger partial charge in [0.1, 0.15) is 5.75 Å². The maximum absolute atomic E-state index is 12.0. The number of hydrogen-bond acceptors (Lipinski definition) is 2.